The van der Waals surface area contributed by atoms with Gasteiger partial charge < -0.3 is 9.80 Å². The number of benzene rings is 1. The molecule has 2 fully saturated rings. The zero-order valence-electron chi connectivity index (χ0n) is 14.5. The zero-order valence-corrected chi connectivity index (χ0v) is 15.3. The minimum atomic E-state index is -3.26. The van der Waals surface area contributed by atoms with Crippen molar-refractivity contribution in [3.8, 4) is 0 Å². The molecule has 1 saturated carbocycles. The molecule has 0 radical (unpaired) electrons. The standard InChI is InChI=1S/C18H24N2O4S/c1-25(23,24)16-8-6-15(7-9-16)18(22)20-12-10-19(11-13-20)17(21)14-4-2-3-5-14/h6-9,14H,2-5,10-13H2,1H3. The second kappa shape index (κ2) is 7.15. The molecule has 0 unspecified atom stereocenters. The summed E-state index contributed by atoms with van der Waals surface area (Å²) < 4.78 is 23.0. The number of piperazine rings is 1. The largest absolute Gasteiger partial charge is 0.339 e. The first kappa shape index (κ1) is 17.9. The third kappa shape index (κ3) is 4.03. The van der Waals surface area contributed by atoms with Crippen molar-refractivity contribution in [2.24, 2.45) is 5.92 Å². The average molecular weight is 364 g/mol. The number of hydrogen-bond acceptors (Lipinski definition) is 4. The second-order valence-corrected chi connectivity index (χ2v) is 8.91. The fraction of sp³-hybridized carbons (Fsp3) is 0.556. The molecule has 0 bridgehead atoms. The van der Waals surface area contributed by atoms with E-state index in [1.54, 1.807) is 17.0 Å². The smallest absolute Gasteiger partial charge is 0.253 e. The van der Waals surface area contributed by atoms with E-state index in [-0.39, 0.29) is 22.6 Å². The Hall–Kier alpha value is -1.89. The molecule has 0 aromatic heterocycles. The molecular formula is C18H24N2O4S. The van der Waals surface area contributed by atoms with Crippen LogP contribution in [0.5, 0.6) is 0 Å². The number of carbonyl (C=O) groups excluding carboxylic acids is 2. The van der Waals surface area contributed by atoms with Gasteiger partial charge in [0, 0.05) is 43.9 Å². The Morgan fingerprint density at radius 2 is 1.44 bits per heavy atom. The van der Waals surface area contributed by atoms with Gasteiger partial charge in [0.1, 0.15) is 0 Å². The Morgan fingerprint density at radius 1 is 0.920 bits per heavy atom. The van der Waals surface area contributed by atoms with Gasteiger partial charge in [-0.05, 0) is 37.1 Å². The molecule has 2 aliphatic rings. The van der Waals surface area contributed by atoms with Crippen LogP contribution in [0.4, 0.5) is 0 Å². The van der Waals surface area contributed by atoms with Crippen LogP contribution in [0.25, 0.3) is 0 Å². The van der Waals surface area contributed by atoms with Crippen LogP contribution >= 0.6 is 0 Å². The van der Waals surface area contributed by atoms with Gasteiger partial charge in [-0.3, -0.25) is 9.59 Å². The maximum atomic E-state index is 12.6. The lowest BCUT2D eigenvalue weighted by molar-refractivity contribution is -0.136. The highest BCUT2D eigenvalue weighted by atomic mass is 32.2. The molecule has 1 aromatic carbocycles. The quantitative estimate of drug-likeness (QED) is 0.816. The van der Waals surface area contributed by atoms with Gasteiger partial charge >= 0.3 is 0 Å². The Bertz CT molecular complexity index is 744. The average Bonchev–Trinajstić information content (AvgIpc) is 3.14. The van der Waals surface area contributed by atoms with Gasteiger partial charge in [-0.1, -0.05) is 12.8 Å². The molecule has 1 aliphatic heterocycles. The fourth-order valence-corrected chi connectivity index (χ4v) is 4.22. The zero-order chi connectivity index (χ0) is 18.0. The van der Waals surface area contributed by atoms with Crippen molar-refractivity contribution >= 4 is 21.7 Å². The fourth-order valence-electron chi connectivity index (χ4n) is 3.59. The van der Waals surface area contributed by atoms with Crippen molar-refractivity contribution in [1.82, 2.24) is 9.80 Å². The van der Waals surface area contributed by atoms with E-state index in [0.29, 0.717) is 31.7 Å². The van der Waals surface area contributed by atoms with Crippen molar-refractivity contribution in [3.05, 3.63) is 29.8 Å². The molecule has 136 valence electrons. The summed E-state index contributed by atoms with van der Waals surface area (Å²) in [5, 5.41) is 0. The van der Waals surface area contributed by atoms with E-state index in [4.69, 9.17) is 0 Å². The second-order valence-electron chi connectivity index (χ2n) is 6.90. The molecule has 0 N–H and O–H groups in total. The van der Waals surface area contributed by atoms with Gasteiger partial charge in [0.15, 0.2) is 9.84 Å². The SMILES string of the molecule is CS(=O)(=O)c1ccc(C(=O)N2CCN(C(=O)C3CCCC3)CC2)cc1. The van der Waals surface area contributed by atoms with Gasteiger partial charge in [0.25, 0.3) is 5.91 Å². The van der Waals surface area contributed by atoms with Crippen LogP contribution in [0.2, 0.25) is 0 Å². The normalized spacial score (nSPS) is 19.2. The summed E-state index contributed by atoms with van der Waals surface area (Å²) in [6.45, 7) is 2.18. The van der Waals surface area contributed by atoms with E-state index in [2.05, 4.69) is 0 Å². The van der Waals surface area contributed by atoms with Crippen molar-refractivity contribution in [1.29, 1.82) is 0 Å². The summed E-state index contributed by atoms with van der Waals surface area (Å²) in [6, 6.07) is 6.02. The third-order valence-corrected chi connectivity index (χ3v) is 6.24. The minimum absolute atomic E-state index is 0.118. The van der Waals surface area contributed by atoms with E-state index in [0.717, 1.165) is 31.9 Å². The lowest BCUT2D eigenvalue weighted by Crippen LogP contribution is -2.51. The number of sulfone groups is 1. The molecule has 1 aliphatic carbocycles. The third-order valence-electron chi connectivity index (χ3n) is 5.11. The van der Waals surface area contributed by atoms with Crippen LogP contribution in [0.15, 0.2) is 29.2 Å². The van der Waals surface area contributed by atoms with Gasteiger partial charge in [-0.25, -0.2) is 8.42 Å². The van der Waals surface area contributed by atoms with E-state index < -0.39 is 9.84 Å². The van der Waals surface area contributed by atoms with E-state index in [9.17, 15) is 18.0 Å². The topological polar surface area (TPSA) is 74.8 Å². The van der Waals surface area contributed by atoms with E-state index in [1.807, 2.05) is 4.90 Å². The number of hydrogen-bond donors (Lipinski definition) is 0. The Kier molecular flexibility index (Phi) is 5.13. The highest BCUT2D eigenvalue weighted by Gasteiger charge is 2.30. The molecule has 0 atom stereocenters. The van der Waals surface area contributed by atoms with Crippen molar-refractivity contribution in [2.45, 2.75) is 30.6 Å². The molecular weight excluding hydrogens is 340 g/mol. The maximum Gasteiger partial charge on any atom is 0.253 e. The maximum absolute atomic E-state index is 12.6. The first-order valence-electron chi connectivity index (χ1n) is 8.74. The first-order valence-corrected chi connectivity index (χ1v) is 10.6. The highest BCUT2D eigenvalue weighted by molar-refractivity contribution is 7.90. The summed E-state index contributed by atoms with van der Waals surface area (Å²) in [7, 11) is -3.26. The molecule has 1 heterocycles. The molecule has 0 spiro atoms. The predicted octanol–water partition coefficient (Wildman–Crippen LogP) is 1.56. The Balaban J connectivity index is 1.59. The highest BCUT2D eigenvalue weighted by Crippen LogP contribution is 2.27. The monoisotopic (exact) mass is 364 g/mol. The molecule has 2 amide bonds. The lowest BCUT2D eigenvalue weighted by atomic mass is 10.1. The number of rotatable bonds is 3. The van der Waals surface area contributed by atoms with Crippen LogP contribution in [0.3, 0.4) is 0 Å². The van der Waals surface area contributed by atoms with Gasteiger partial charge in [0.05, 0.1) is 4.90 Å². The molecule has 3 rings (SSSR count). The Morgan fingerprint density at radius 3 is 1.96 bits per heavy atom. The summed E-state index contributed by atoms with van der Waals surface area (Å²) in [6.07, 6.45) is 5.40. The van der Waals surface area contributed by atoms with Crippen LogP contribution in [-0.2, 0) is 14.6 Å². The van der Waals surface area contributed by atoms with E-state index in [1.165, 1.54) is 12.1 Å². The summed E-state index contributed by atoms with van der Waals surface area (Å²) in [5.41, 5.74) is 0.475. The minimum Gasteiger partial charge on any atom is -0.339 e. The number of nitrogens with zero attached hydrogens (tertiary/aromatic N) is 2. The van der Waals surface area contributed by atoms with Crippen LogP contribution < -0.4 is 0 Å². The number of carbonyl (C=O) groups is 2. The van der Waals surface area contributed by atoms with Crippen LogP contribution in [0, 0.1) is 5.92 Å². The lowest BCUT2D eigenvalue weighted by Gasteiger charge is -2.36. The van der Waals surface area contributed by atoms with Gasteiger partial charge in [0.2, 0.25) is 5.91 Å². The van der Waals surface area contributed by atoms with Gasteiger partial charge in [-0.15, -0.1) is 0 Å². The molecule has 25 heavy (non-hydrogen) atoms. The molecule has 6 nitrogen and oxygen atoms in total. The molecule has 7 heteroatoms. The Labute approximate surface area is 148 Å². The summed E-state index contributed by atoms with van der Waals surface area (Å²) in [5.74, 6) is 0.293. The van der Waals surface area contributed by atoms with Crippen LogP contribution in [-0.4, -0.2) is 62.5 Å². The van der Waals surface area contributed by atoms with Crippen molar-refractivity contribution in [2.75, 3.05) is 32.4 Å². The van der Waals surface area contributed by atoms with Crippen molar-refractivity contribution in [3.63, 3.8) is 0 Å². The molecule has 1 saturated heterocycles. The number of amides is 2. The van der Waals surface area contributed by atoms with E-state index >= 15 is 0 Å². The molecule has 1 aromatic rings. The van der Waals surface area contributed by atoms with Crippen LogP contribution in [0.1, 0.15) is 36.0 Å². The summed E-state index contributed by atoms with van der Waals surface area (Å²) in [4.78, 5) is 28.8. The van der Waals surface area contributed by atoms with Crippen molar-refractivity contribution < 1.29 is 18.0 Å². The predicted molar refractivity (Wildman–Crippen MR) is 94.0 cm³/mol. The summed E-state index contributed by atoms with van der Waals surface area (Å²) >= 11 is 0. The van der Waals surface area contributed by atoms with Gasteiger partial charge in [-0.2, -0.15) is 0 Å². The first-order chi connectivity index (χ1) is 11.9.